The van der Waals surface area contributed by atoms with Crippen LogP contribution in [0.15, 0.2) is 0 Å². The van der Waals surface area contributed by atoms with Gasteiger partial charge >= 0.3 is 11.9 Å². The predicted molar refractivity (Wildman–Crippen MR) is 117 cm³/mol. The Morgan fingerprint density at radius 2 is 1.56 bits per heavy atom. The summed E-state index contributed by atoms with van der Waals surface area (Å²) in [5, 5.41) is -0.491. The molecule has 0 spiro atoms. The zero-order valence-electron chi connectivity index (χ0n) is 17.6. The Kier molecular flexibility index (Phi) is 15.7. The van der Waals surface area contributed by atoms with Gasteiger partial charge in [0.25, 0.3) is 0 Å². The van der Waals surface area contributed by atoms with Gasteiger partial charge in [0.1, 0.15) is 9.57 Å². The Morgan fingerprint density at radius 3 is 2.04 bits per heavy atom. The smallest absolute Gasteiger partial charge is 0.319 e. The van der Waals surface area contributed by atoms with E-state index in [9.17, 15) is 9.59 Å². The lowest BCUT2D eigenvalue weighted by molar-refractivity contribution is -0.146. The molecular formula is C20H37NO4S2. The van der Waals surface area contributed by atoms with Crippen LogP contribution >= 0.6 is 24.0 Å². The molecule has 0 bridgehead atoms. The number of esters is 2. The van der Waals surface area contributed by atoms with Crippen LogP contribution in [0.5, 0.6) is 0 Å². The molecule has 2 unspecified atom stereocenters. The fraction of sp³-hybridized carbons (Fsp3) is 0.850. The van der Waals surface area contributed by atoms with Crippen LogP contribution in [-0.4, -0.2) is 53.2 Å². The molecule has 5 nitrogen and oxygen atoms in total. The van der Waals surface area contributed by atoms with Crippen molar-refractivity contribution in [2.75, 3.05) is 26.8 Å². The fourth-order valence-electron chi connectivity index (χ4n) is 2.41. The van der Waals surface area contributed by atoms with Gasteiger partial charge < -0.3 is 14.4 Å². The molecule has 0 heterocycles. The number of methoxy groups -OCH3 is 1. The molecule has 0 aliphatic rings. The lowest BCUT2D eigenvalue weighted by Gasteiger charge is -2.27. The van der Waals surface area contributed by atoms with Crippen LogP contribution in [0.25, 0.3) is 0 Å². The third-order valence-electron chi connectivity index (χ3n) is 4.24. The van der Waals surface area contributed by atoms with Crippen molar-refractivity contribution in [3.63, 3.8) is 0 Å². The molecule has 0 N–H and O–H groups in total. The molecule has 2 atom stereocenters. The number of thiocarbonyl (C=S) groups is 1. The Labute approximate surface area is 174 Å². The van der Waals surface area contributed by atoms with Gasteiger partial charge in [0.05, 0.1) is 19.6 Å². The Bertz CT molecular complexity index is 438. The van der Waals surface area contributed by atoms with Crippen LogP contribution in [0, 0.1) is 5.92 Å². The van der Waals surface area contributed by atoms with Crippen molar-refractivity contribution in [2.45, 2.75) is 77.9 Å². The van der Waals surface area contributed by atoms with Crippen molar-refractivity contribution < 1.29 is 19.1 Å². The second-order valence-corrected chi connectivity index (χ2v) is 8.58. The maximum absolute atomic E-state index is 12.6. The summed E-state index contributed by atoms with van der Waals surface area (Å²) < 4.78 is 10.9. The molecule has 0 aromatic heterocycles. The summed E-state index contributed by atoms with van der Waals surface area (Å²) in [5.41, 5.74) is 0. The number of ether oxygens (including phenoxy) is 2. The Morgan fingerprint density at radius 1 is 1.00 bits per heavy atom. The molecule has 158 valence electrons. The Balaban J connectivity index is 5.06. The van der Waals surface area contributed by atoms with E-state index in [0.29, 0.717) is 17.3 Å². The standard InChI is InChI=1S/C20H37NO4S2/c1-6-9-12-21(13-10-7-2)20(26)27-17(15-16(4)18(22)24-5)19(23)25-14-11-8-3/h16-17H,6-15H2,1-5H3. The van der Waals surface area contributed by atoms with E-state index in [4.69, 9.17) is 21.7 Å². The highest BCUT2D eigenvalue weighted by Crippen LogP contribution is 2.25. The van der Waals surface area contributed by atoms with E-state index in [1.165, 1.54) is 18.9 Å². The first-order chi connectivity index (χ1) is 12.9. The number of nitrogens with zero attached hydrogens (tertiary/aromatic N) is 1. The SMILES string of the molecule is CCCCOC(=O)C(CC(C)C(=O)OC)SC(=S)N(CCCC)CCCC. The summed E-state index contributed by atoms with van der Waals surface area (Å²) in [4.78, 5) is 26.6. The molecule has 0 rings (SSSR count). The van der Waals surface area contributed by atoms with Crippen LogP contribution in [0.1, 0.15) is 72.6 Å². The van der Waals surface area contributed by atoms with Crippen LogP contribution in [-0.2, 0) is 19.1 Å². The zero-order valence-corrected chi connectivity index (χ0v) is 19.3. The first-order valence-corrected chi connectivity index (χ1v) is 11.4. The van der Waals surface area contributed by atoms with E-state index in [1.54, 1.807) is 6.92 Å². The van der Waals surface area contributed by atoms with Gasteiger partial charge in [0.15, 0.2) is 0 Å². The van der Waals surface area contributed by atoms with Gasteiger partial charge in [-0.05, 0) is 25.7 Å². The molecular weight excluding hydrogens is 382 g/mol. The number of thioether (sulfide) groups is 1. The first kappa shape index (κ1) is 26.2. The van der Waals surface area contributed by atoms with Crippen molar-refractivity contribution in [1.29, 1.82) is 0 Å². The van der Waals surface area contributed by atoms with Gasteiger partial charge in [0.2, 0.25) is 0 Å². The summed E-state index contributed by atoms with van der Waals surface area (Å²) in [6.45, 7) is 10.3. The normalized spacial score (nSPS) is 12.9. The van der Waals surface area contributed by atoms with Crippen LogP contribution in [0.3, 0.4) is 0 Å². The Hall–Kier alpha value is -0.820. The van der Waals surface area contributed by atoms with Crippen molar-refractivity contribution in [3.8, 4) is 0 Å². The van der Waals surface area contributed by atoms with Crippen molar-refractivity contribution >= 4 is 40.2 Å². The first-order valence-electron chi connectivity index (χ1n) is 10.1. The summed E-state index contributed by atoms with van der Waals surface area (Å²) in [6, 6.07) is 0. The molecule has 7 heteroatoms. The van der Waals surface area contributed by atoms with Gasteiger partial charge in [-0.1, -0.05) is 70.9 Å². The summed E-state index contributed by atoms with van der Waals surface area (Å²) in [6.07, 6.45) is 6.47. The molecule has 27 heavy (non-hydrogen) atoms. The number of hydrogen-bond acceptors (Lipinski definition) is 6. The minimum Gasteiger partial charge on any atom is -0.469 e. The lowest BCUT2D eigenvalue weighted by atomic mass is 10.1. The van der Waals surface area contributed by atoms with Gasteiger partial charge in [-0.25, -0.2) is 0 Å². The van der Waals surface area contributed by atoms with Gasteiger partial charge in [-0.2, -0.15) is 0 Å². The third kappa shape index (κ3) is 11.6. The number of carbonyl (C=O) groups excluding carboxylic acids is 2. The molecule has 0 aromatic carbocycles. The maximum Gasteiger partial charge on any atom is 0.319 e. The predicted octanol–water partition coefficient (Wildman–Crippen LogP) is 4.82. The van der Waals surface area contributed by atoms with Gasteiger partial charge in [-0.3, -0.25) is 9.59 Å². The van der Waals surface area contributed by atoms with Crippen molar-refractivity contribution in [2.24, 2.45) is 5.92 Å². The highest BCUT2D eigenvalue weighted by molar-refractivity contribution is 8.23. The quantitative estimate of drug-likeness (QED) is 0.227. The zero-order chi connectivity index (χ0) is 20.7. The van der Waals surface area contributed by atoms with Crippen LogP contribution < -0.4 is 0 Å². The van der Waals surface area contributed by atoms with Crippen molar-refractivity contribution in [3.05, 3.63) is 0 Å². The van der Waals surface area contributed by atoms with Crippen molar-refractivity contribution in [1.82, 2.24) is 4.90 Å². The molecule has 0 saturated heterocycles. The molecule has 0 aromatic rings. The molecule has 0 aliphatic carbocycles. The second kappa shape index (κ2) is 16.2. The molecule has 0 aliphatic heterocycles. The lowest BCUT2D eigenvalue weighted by Crippen LogP contribution is -2.34. The van der Waals surface area contributed by atoms with E-state index < -0.39 is 5.25 Å². The third-order valence-corrected chi connectivity index (χ3v) is 5.92. The van der Waals surface area contributed by atoms with Crippen LogP contribution in [0.4, 0.5) is 0 Å². The summed E-state index contributed by atoms with van der Waals surface area (Å²) in [5.74, 6) is -0.993. The summed E-state index contributed by atoms with van der Waals surface area (Å²) >= 11 is 7.00. The molecule has 0 fully saturated rings. The minimum atomic E-state index is -0.491. The topological polar surface area (TPSA) is 55.8 Å². The molecule has 0 saturated carbocycles. The number of hydrogen-bond donors (Lipinski definition) is 0. The van der Waals surface area contributed by atoms with E-state index in [1.807, 2.05) is 6.92 Å². The number of rotatable bonds is 14. The molecule has 0 amide bonds. The number of carbonyl (C=O) groups is 2. The average molecular weight is 420 g/mol. The summed E-state index contributed by atoms with van der Waals surface area (Å²) in [7, 11) is 1.36. The number of unbranched alkanes of at least 4 members (excludes halogenated alkanes) is 3. The fourth-order valence-corrected chi connectivity index (χ4v) is 4.06. The van der Waals surface area contributed by atoms with E-state index >= 15 is 0 Å². The van der Waals surface area contributed by atoms with Crippen LogP contribution in [0.2, 0.25) is 0 Å². The minimum absolute atomic E-state index is 0.294. The molecule has 0 radical (unpaired) electrons. The average Bonchev–Trinajstić information content (AvgIpc) is 2.66. The monoisotopic (exact) mass is 419 g/mol. The highest BCUT2D eigenvalue weighted by Gasteiger charge is 2.29. The van der Waals surface area contributed by atoms with E-state index in [-0.39, 0.29) is 17.9 Å². The highest BCUT2D eigenvalue weighted by atomic mass is 32.2. The maximum atomic E-state index is 12.6. The largest absolute Gasteiger partial charge is 0.469 e. The van der Waals surface area contributed by atoms with E-state index in [0.717, 1.165) is 51.6 Å². The second-order valence-electron chi connectivity index (χ2n) is 6.75. The van der Waals surface area contributed by atoms with Gasteiger partial charge in [0, 0.05) is 13.1 Å². The van der Waals surface area contributed by atoms with E-state index in [2.05, 4.69) is 18.7 Å². The van der Waals surface area contributed by atoms with Gasteiger partial charge in [-0.15, -0.1) is 0 Å².